The molecule has 150 valence electrons. The van der Waals surface area contributed by atoms with E-state index in [-0.39, 0.29) is 30.8 Å². The number of hydrogen-bond acceptors (Lipinski definition) is 2. The van der Waals surface area contributed by atoms with Gasteiger partial charge < -0.3 is 10.2 Å². The van der Waals surface area contributed by atoms with Gasteiger partial charge >= 0.3 is 0 Å². The van der Waals surface area contributed by atoms with Gasteiger partial charge in [0.2, 0.25) is 11.8 Å². The van der Waals surface area contributed by atoms with E-state index in [1.165, 1.54) is 0 Å². The molecule has 1 N–H and O–H groups in total. The van der Waals surface area contributed by atoms with Gasteiger partial charge in [0.25, 0.3) is 0 Å². The summed E-state index contributed by atoms with van der Waals surface area (Å²) in [4.78, 5) is 27.4. The maximum atomic E-state index is 13.1. The lowest BCUT2D eigenvalue weighted by Gasteiger charge is -2.30. The Bertz CT molecular complexity index is 826. The van der Waals surface area contributed by atoms with Crippen LogP contribution in [0.25, 0.3) is 0 Å². The Labute approximate surface area is 176 Å². The van der Waals surface area contributed by atoms with Crippen LogP contribution in [-0.2, 0) is 22.6 Å². The van der Waals surface area contributed by atoms with Crippen LogP contribution in [0.1, 0.15) is 38.3 Å². The van der Waals surface area contributed by atoms with Crippen LogP contribution in [0.15, 0.2) is 48.5 Å². The molecule has 6 heteroatoms. The second-order valence-electron chi connectivity index (χ2n) is 6.88. The van der Waals surface area contributed by atoms with Crippen molar-refractivity contribution in [1.82, 2.24) is 10.2 Å². The Morgan fingerprint density at radius 3 is 2.04 bits per heavy atom. The fourth-order valence-electron chi connectivity index (χ4n) is 2.76. The van der Waals surface area contributed by atoms with E-state index in [2.05, 4.69) is 5.32 Å². The standard InChI is InChI=1S/C22H26Cl2N2O2/c1-4-15(2)25-22(28)16(3)26(14-18-10-6-8-12-20(18)24)21(27)13-17-9-5-7-11-19(17)23/h5-12,15-16H,4,13-14H2,1-3H3,(H,25,28)/t15-,16+/m1/s1. The fourth-order valence-corrected chi connectivity index (χ4v) is 3.16. The molecule has 2 rings (SSSR count). The summed E-state index contributed by atoms with van der Waals surface area (Å²) in [6.45, 7) is 5.92. The normalized spacial score (nSPS) is 12.9. The molecule has 0 saturated heterocycles. The number of nitrogens with zero attached hydrogens (tertiary/aromatic N) is 1. The van der Waals surface area contributed by atoms with Crippen LogP contribution in [0.2, 0.25) is 10.0 Å². The minimum absolute atomic E-state index is 0.0378. The molecule has 0 fully saturated rings. The Morgan fingerprint density at radius 1 is 0.964 bits per heavy atom. The zero-order valence-corrected chi connectivity index (χ0v) is 17.9. The van der Waals surface area contributed by atoms with Crippen molar-refractivity contribution in [3.63, 3.8) is 0 Å². The number of rotatable bonds is 8. The third-order valence-electron chi connectivity index (χ3n) is 4.77. The summed E-state index contributed by atoms with van der Waals surface area (Å²) in [6.07, 6.45) is 0.932. The quantitative estimate of drug-likeness (QED) is 0.661. The molecule has 4 nitrogen and oxygen atoms in total. The van der Waals surface area contributed by atoms with Gasteiger partial charge in [0.05, 0.1) is 6.42 Å². The molecule has 28 heavy (non-hydrogen) atoms. The monoisotopic (exact) mass is 420 g/mol. The first-order valence-corrected chi connectivity index (χ1v) is 10.2. The van der Waals surface area contributed by atoms with Gasteiger partial charge in [-0.25, -0.2) is 0 Å². The maximum Gasteiger partial charge on any atom is 0.242 e. The van der Waals surface area contributed by atoms with E-state index in [0.29, 0.717) is 10.0 Å². The zero-order valence-electron chi connectivity index (χ0n) is 16.4. The first-order chi connectivity index (χ1) is 13.3. The van der Waals surface area contributed by atoms with E-state index in [1.54, 1.807) is 24.0 Å². The molecule has 2 aromatic carbocycles. The lowest BCUT2D eigenvalue weighted by atomic mass is 10.1. The zero-order chi connectivity index (χ0) is 20.7. The Hall–Kier alpha value is -2.04. The molecular formula is C22H26Cl2N2O2. The Balaban J connectivity index is 2.26. The van der Waals surface area contributed by atoms with Gasteiger partial charge in [-0.3, -0.25) is 9.59 Å². The van der Waals surface area contributed by atoms with Crippen molar-refractivity contribution >= 4 is 35.0 Å². The SMILES string of the molecule is CC[C@@H](C)NC(=O)[C@H](C)N(Cc1ccccc1Cl)C(=O)Cc1ccccc1Cl. The molecule has 2 amide bonds. The summed E-state index contributed by atoms with van der Waals surface area (Å²) < 4.78 is 0. The van der Waals surface area contributed by atoms with E-state index in [4.69, 9.17) is 23.2 Å². The highest BCUT2D eigenvalue weighted by Crippen LogP contribution is 2.21. The predicted octanol–water partition coefficient (Wildman–Crippen LogP) is 4.87. The second-order valence-corrected chi connectivity index (χ2v) is 7.69. The van der Waals surface area contributed by atoms with E-state index < -0.39 is 6.04 Å². The van der Waals surface area contributed by atoms with Crippen molar-refractivity contribution < 1.29 is 9.59 Å². The highest BCUT2D eigenvalue weighted by atomic mass is 35.5. The Morgan fingerprint density at radius 2 is 1.50 bits per heavy atom. The van der Waals surface area contributed by atoms with Crippen LogP contribution in [0.3, 0.4) is 0 Å². The van der Waals surface area contributed by atoms with Gasteiger partial charge in [-0.1, -0.05) is 66.5 Å². The molecule has 0 saturated carbocycles. The van der Waals surface area contributed by atoms with E-state index >= 15 is 0 Å². The second kappa shape index (κ2) is 10.5. The summed E-state index contributed by atoms with van der Waals surface area (Å²) >= 11 is 12.5. The van der Waals surface area contributed by atoms with Crippen LogP contribution in [0.5, 0.6) is 0 Å². The van der Waals surface area contributed by atoms with Gasteiger partial charge in [-0.2, -0.15) is 0 Å². The molecule has 0 bridgehead atoms. The Kier molecular flexibility index (Phi) is 8.34. The van der Waals surface area contributed by atoms with E-state index in [0.717, 1.165) is 17.5 Å². The summed E-state index contributed by atoms with van der Waals surface area (Å²) in [5.74, 6) is -0.367. The summed E-state index contributed by atoms with van der Waals surface area (Å²) in [5, 5.41) is 4.04. The summed E-state index contributed by atoms with van der Waals surface area (Å²) in [7, 11) is 0. The molecule has 0 aliphatic rings. The van der Waals surface area contributed by atoms with Crippen LogP contribution in [0, 0.1) is 0 Å². The van der Waals surface area contributed by atoms with Gasteiger partial charge in [0.15, 0.2) is 0 Å². The summed E-state index contributed by atoms with van der Waals surface area (Å²) in [6, 6.07) is 14.0. The minimum atomic E-state index is -0.639. The number of benzene rings is 2. The van der Waals surface area contributed by atoms with Crippen molar-refractivity contribution in [2.24, 2.45) is 0 Å². The molecule has 0 heterocycles. The van der Waals surface area contributed by atoms with Crippen molar-refractivity contribution in [2.45, 2.75) is 52.2 Å². The first kappa shape index (κ1) is 22.3. The van der Waals surface area contributed by atoms with Crippen molar-refractivity contribution in [3.05, 3.63) is 69.7 Å². The first-order valence-electron chi connectivity index (χ1n) is 9.40. The molecular weight excluding hydrogens is 395 g/mol. The number of carbonyl (C=O) groups excluding carboxylic acids is 2. The molecule has 2 atom stereocenters. The van der Waals surface area contributed by atoms with Crippen LogP contribution >= 0.6 is 23.2 Å². The lowest BCUT2D eigenvalue weighted by molar-refractivity contribution is -0.140. The number of hydrogen-bond donors (Lipinski definition) is 1. The lowest BCUT2D eigenvalue weighted by Crippen LogP contribution is -2.50. The third kappa shape index (κ3) is 5.98. The topological polar surface area (TPSA) is 49.4 Å². The average molecular weight is 421 g/mol. The molecule has 0 spiro atoms. The highest BCUT2D eigenvalue weighted by Gasteiger charge is 2.27. The van der Waals surface area contributed by atoms with E-state index in [1.807, 2.05) is 50.2 Å². The number of halogens is 2. The van der Waals surface area contributed by atoms with Gasteiger partial charge in [-0.15, -0.1) is 0 Å². The van der Waals surface area contributed by atoms with Gasteiger partial charge in [0, 0.05) is 22.6 Å². The number of amides is 2. The van der Waals surface area contributed by atoms with E-state index in [9.17, 15) is 9.59 Å². The molecule has 0 radical (unpaired) electrons. The molecule has 0 aliphatic heterocycles. The van der Waals surface area contributed by atoms with Crippen LogP contribution < -0.4 is 5.32 Å². The average Bonchev–Trinajstić information content (AvgIpc) is 2.68. The van der Waals surface area contributed by atoms with Crippen LogP contribution in [-0.4, -0.2) is 28.8 Å². The minimum Gasteiger partial charge on any atom is -0.352 e. The van der Waals surface area contributed by atoms with Crippen molar-refractivity contribution in [3.8, 4) is 0 Å². The maximum absolute atomic E-state index is 13.1. The number of carbonyl (C=O) groups is 2. The third-order valence-corrected chi connectivity index (χ3v) is 5.50. The van der Waals surface area contributed by atoms with Crippen molar-refractivity contribution in [2.75, 3.05) is 0 Å². The van der Waals surface area contributed by atoms with Crippen molar-refractivity contribution in [1.29, 1.82) is 0 Å². The largest absolute Gasteiger partial charge is 0.352 e. The van der Waals surface area contributed by atoms with Crippen LogP contribution in [0.4, 0.5) is 0 Å². The van der Waals surface area contributed by atoms with Gasteiger partial charge in [0.1, 0.15) is 6.04 Å². The smallest absolute Gasteiger partial charge is 0.242 e. The molecule has 0 aromatic heterocycles. The summed E-state index contributed by atoms with van der Waals surface area (Å²) in [5.41, 5.74) is 1.52. The predicted molar refractivity (Wildman–Crippen MR) is 115 cm³/mol. The van der Waals surface area contributed by atoms with Gasteiger partial charge in [-0.05, 0) is 43.5 Å². The number of nitrogens with one attached hydrogen (secondary N) is 1. The molecule has 0 aliphatic carbocycles. The molecule has 0 unspecified atom stereocenters. The fraction of sp³-hybridized carbons (Fsp3) is 0.364. The molecule has 2 aromatic rings. The highest BCUT2D eigenvalue weighted by molar-refractivity contribution is 6.31.